The Hall–Kier alpha value is -0.570. The maximum Gasteiger partial charge on any atom is 0.177 e. The van der Waals surface area contributed by atoms with Crippen molar-refractivity contribution < 1.29 is 0 Å². The third-order valence-corrected chi connectivity index (χ3v) is 3.03. The molecule has 0 aliphatic carbocycles. The van der Waals surface area contributed by atoms with Crippen molar-refractivity contribution in [1.29, 1.82) is 0 Å². The Balaban J connectivity index is 2.50. The molecule has 2 nitrogen and oxygen atoms in total. The molecule has 0 radical (unpaired) electrons. The lowest BCUT2D eigenvalue weighted by molar-refractivity contribution is 0.562. The summed E-state index contributed by atoms with van der Waals surface area (Å²) in [5, 5.41) is 0. The van der Waals surface area contributed by atoms with E-state index in [9.17, 15) is 0 Å². The molecular weight excluding hydrogens is 204 g/mol. The largest absolute Gasteiger partial charge is 0.337 e. The maximum absolute atomic E-state index is 5.27. The summed E-state index contributed by atoms with van der Waals surface area (Å²) in [5.41, 5.74) is 1.36. The highest BCUT2D eigenvalue weighted by Crippen LogP contribution is 2.08. The summed E-state index contributed by atoms with van der Waals surface area (Å²) in [4.78, 5) is 3.14. The van der Waals surface area contributed by atoms with Crippen LogP contribution in [-0.2, 0) is 13.0 Å². The third-order valence-electron chi connectivity index (χ3n) is 2.70. The van der Waals surface area contributed by atoms with Crippen molar-refractivity contribution in [3.63, 3.8) is 0 Å². The van der Waals surface area contributed by atoms with E-state index in [1.54, 1.807) is 0 Å². The quantitative estimate of drug-likeness (QED) is 0.549. The molecule has 15 heavy (non-hydrogen) atoms. The van der Waals surface area contributed by atoms with E-state index in [0.717, 1.165) is 17.7 Å². The summed E-state index contributed by atoms with van der Waals surface area (Å²) in [6.45, 7) is 5.53. The average Bonchev–Trinajstić information content (AvgIpc) is 2.56. The Kier molecular flexibility index (Phi) is 5.69. The summed E-state index contributed by atoms with van der Waals surface area (Å²) in [5.74, 6) is 0. The van der Waals surface area contributed by atoms with Crippen LogP contribution in [0.2, 0.25) is 0 Å². The van der Waals surface area contributed by atoms with Crippen molar-refractivity contribution in [2.24, 2.45) is 0 Å². The van der Waals surface area contributed by atoms with Crippen LogP contribution in [-0.4, -0.2) is 9.55 Å². The second-order valence-electron chi connectivity index (χ2n) is 4.05. The molecule has 0 bridgehead atoms. The summed E-state index contributed by atoms with van der Waals surface area (Å²) in [6.07, 6.45) is 9.56. The summed E-state index contributed by atoms with van der Waals surface area (Å²) in [7, 11) is 0. The van der Waals surface area contributed by atoms with Crippen LogP contribution < -0.4 is 0 Å². The van der Waals surface area contributed by atoms with Crippen LogP contribution in [0, 0.1) is 4.77 Å². The van der Waals surface area contributed by atoms with Gasteiger partial charge >= 0.3 is 0 Å². The zero-order valence-corrected chi connectivity index (χ0v) is 10.7. The minimum atomic E-state index is 0.884. The van der Waals surface area contributed by atoms with Gasteiger partial charge in [-0.15, -0.1) is 0 Å². The number of nitrogens with zero attached hydrogens (tertiary/aromatic N) is 1. The smallest absolute Gasteiger partial charge is 0.177 e. The van der Waals surface area contributed by atoms with Gasteiger partial charge in [-0.1, -0.05) is 39.5 Å². The Bertz CT molecular complexity index is 325. The first-order chi connectivity index (χ1) is 7.29. The molecule has 0 unspecified atom stereocenters. The molecule has 0 saturated heterocycles. The predicted octanol–water partition coefficient (Wildman–Crippen LogP) is 4.08. The molecule has 0 amide bonds. The van der Waals surface area contributed by atoms with Crippen molar-refractivity contribution in [1.82, 2.24) is 9.55 Å². The van der Waals surface area contributed by atoms with Crippen LogP contribution in [0.3, 0.4) is 0 Å². The van der Waals surface area contributed by atoms with E-state index in [0.29, 0.717) is 0 Å². The Labute approximate surface area is 97.7 Å². The topological polar surface area (TPSA) is 20.7 Å². The van der Waals surface area contributed by atoms with Crippen LogP contribution in [0.15, 0.2) is 6.20 Å². The number of imidazole rings is 1. The normalized spacial score (nSPS) is 10.8. The van der Waals surface area contributed by atoms with E-state index in [2.05, 4.69) is 29.6 Å². The van der Waals surface area contributed by atoms with Gasteiger partial charge in [-0.25, -0.2) is 0 Å². The second-order valence-corrected chi connectivity index (χ2v) is 4.43. The molecule has 86 valence electrons. The van der Waals surface area contributed by atoms with Gasteiger partial charge in [0.1, 0.15) is 0 Å². The molecule has 1 aromatic rings. The molecule has 0 aromatic carbocycles. The standard InChI is InChI=1S/C12H22N2S/c1-3-5-6-7-9-14-11(8-4-2)10-13-12(14)15/h10H,3-9H2,1-2H3,(H,13,15). The van der Waals surface area contributed by atoms with Gasteiger partial charge in [0.2, 0.25) is 0 Å². The lowest BCUT2D eigenvalue weighted by atomic mass is 10.2. The van der Waals surface area contributed by atoms with Crippen LogP contribution >= 0.6 is 12.2 Å². The molecule has 0 fully saturated rings. The fraction of sp³-hybridized carbons (Fsp3) is 0.750. The molecule has 1 N–H and O–H groups in total. The van der Waals surface area contributed by atoms with Crippen molar-refractivity contribution in [2.45, 2.75) is 58.9 Å². The zero-order chi connectivity index (χ0) is 11.1. The molecule has 0 aliphatic heterocycles. The Morgan fingerprint density at radius 2 is 2.00 bits per heavy atom. The first kappa shape index (κ1) is 12.5. The van der Waals surface area contributed by atoms with E-state index < -0.39 is 0 Å². The number of rotatable bonds is 7. The maximum atomic E-state index is 5.27. The van der Waals surface area contributed by atoms with E-state index in [-0.39, 0.29) is 0 Å². The predicted molar refractivity (Wildman–Crippen MR) is 67.8 cm³/mol. The second kappa shape index (κ2) is 6.83. The van der Waals surface area contributed by atoms with Gasteiger partial charge in [-0.3, -0.25) is 0 Å². The molecule has 0 atom stereocenters. The van der Waals surface area contributed by atoms with Gasteiger partial charge in [-0.05, 0) is 25.1 Å². The number of unbranched alkanes of at least 4 members (excludes halogenated alkanes) is 3. The molecule has 3 heteroatoms. The first-order valence-electron chi connectivity index (χ1n) is 6.06. The number of aryl methyl sites for hydroxylation is 1. The SMILES string of the molecule is CCCCCCn1c(CCC)c[nH]c1=S. The molecule has 0 spiro atoms. The number of aromatic nitrogens is 2. The molecule has 0 saturated carbocycles. The van der Waals surface area contributed by atoms with E-state index in [1.807, 2.05) is 0 Å². The van der Waals surface area contributed by atoms with Gasteiger partial charge < -0.3 is 9.55 Å². The fourth-order valence-corrected chi connectivity index (χ4v) is 2.10. The number of nitrogens with one attached hydrogen (secondary N) is 1. The average molecular weight is 226 g/mol. The number of hydrogen-bond acceptors (Lipinski definition) is 1. The molecular formula is C12H22N2S. The molecule has 1 heterocycles. The molecule has 1 rings (SSSR count). The van der Waals surface area contributed by atoms with E-state index in [1.165, 1.54) is 37.8 Å². The summed E-state index contributed by atoms with van der Waals surface area (Å²) < 4.78 is 3.14. The Morgan fingerprint density at radius 1 is 1.20 bits per heavy atom. The first-order valence-corrected chi connectivity index (χ1v) is 6.47. The van der Waals surface area contributed by atoms with Gasteiger partial charge in [0, 0.05) is 18.4 Å². The number of aromatic amines is 1. The highest BCUT2D eigenvalue weighted by molar-refractivity contribution is 7.71. The highest BCUT2D eigenvalue weighted by Gasteiger charge is 2.02. The molecule has 1 aromatic heterocycles. The summed E-state index contributed by atoms with van der Waals surface area (Å²) in [6, 6.07) is 0. The van der Waals surface area contributed by atoms with Gasteiger partial charge in [0.25, 0.3) is 0 Å². The van der Waals surface area contributed by atoms with Gasteiger partial charge in [0.05, 0.1) is 0 Å². The minimum absolute atomic E-state index is 0.884. The fourth-order valence-electron chi connectivity index (χ4n) is 1.84. The van der Waals surface area contributed by atoms with Gasteiger partial charge in [0.15, 0.2) is 4.77 Å². The van der Waals surface area contributed by atoms with Crippen molar-refractivity contribution in [3.05, 3.63) is 16.7 Å². The minimum Gasteiger partial charge on any atom is -0.337 e. The lowest BCUT2D eigenvalue weighted by Gasteiger charge is -2.06. The number of H-pyrrole nitrogens is 1. The van der Waals surface area contributed by atoms with Crippen LogP contribution in [0.4, 0.5) is 0 Å². The number of hydrogen-bond donors (Lipinski definition) is 1. The monoisotopic (exact) mass is 226 g/mol. The summed E-state index contributed by atoms with van der Waals surface area (Å²) >= 11 is 5.27. The van der Waals surface area contributed by atoms with Crippen molar-refractivity contribution >= 4 is 12.2 Å². The van der Waals surface area contributed by atoms with E-state index >= 15 is 0 Å². The van der Waals surface area contributed by atoms with Gasteiger partial charge in [-0.2, -0.15) is 0 Å². The van der Waals surface area contributed by atoms with E-state index in [4.69, 9.17) is 12.2 Å². The third kappa shape index (κ3) is 3.82. The zero-order valence-electron chi connectivity index (χ0n) is 9.88. The highest BCUT2D eigenvalue weighted by atomic mass is 32.1. The van der Waals surface area contributed by atoms with Crippen LogP contribution in [0.25, 0.3) is 0 Å². The van der Waals surface area contributed by atoms with Crippen molar-refractivity contribution in [2.75, 3.05) is 0 Å². The Morgan fingerprint density at radius 3 is 2.67 bits per heavy atom. The van der Waals surface area contributed by atoms with Crippen LogP contribution in [0.5, 0.6) is 0 Å². The lowest BCUT2D eigenvalue weighted by Crippen LogP contribution is -2.03. The van der Waals surface area contributed by atoms with Crippen molar-refractivity contribution in [3.8, 4) is 0 Å². The van der Waals surface area contributed by atoms with Crippen LogP contribution in [0.1, 0.15) is 51.6 Å². The molecule has 0 aliphatic rings.